The van der Waals surface area contributed by atoms with Crippen molar-refractivity contribution < 1.29 is 19.1 Å². The lowest BCUT2D eigenvalue weighted by atomic mass is 9.94. The van der Waals surface area contributed by atoms with Gasteiger partial charge in [-0.3, -0.25) is 9.59 Å². The Morgan fingerprint density at radius 2 is 1.74 bits per heavy atom. The van der Waals surface area contributed by atoms with E-state index >= 15 is 0 Å². The summed E-state index contributed by atoms with van der Waals surface area (Å²) in [6.45, 7) is 5.40. The minimum absolute atomic E-state index is 0.192. The molecule has 1 aliphatic carbocycles. The van der Waals surface area contributed by atoms with Crippen molar-refractivity contribution in [2.24, 2.45) is 0 Å². The van der Waals surface area contributed by atoms with Crippen LogP contribution >= 0.6 is 0 Å². The summed E-state index contributed by atoms with van der Waals surface area (Å²) < 4.78 is 11.2. The third-order valence-electron chi connectivity index (χ3n) is 4.94. The highest BCUT2D eigenvalue weighted by Crippen LogP contribution is 2.28. The molecule has 150 valence electrons. The molecule has 0 unspecified atom stereocenters. The number of benzene rings is 1. The molecule has 1 saturated carbocycles. The molecule has 0 saturated heterocycles. The molecule has 2 rings (SSSR count). The van der Waals surface area contributed by atoms with Crippen LogP contribution in [0.5, 0.6) is 11.5 Å². The summed E-state index contributed by atoms with van der Waals surface area (Å²) in [5, 5.41) is 2.74. The van der Waals surface area contributed by atoms with Crippen LogP contribution in [0.4, 0.5) is 0 Å². The molecule has 0 spiro atoms. The molecule has 1 aliphatic rings. The van der Waals surface area contributed by atoms with Gasteiger partial charge >= 0.3 is 11.8 Å². The van der Waals surface area contributed by atoms with E-state index in [1.807, 2.05) is 32.0 Å². The van der Waals surface area contributed by atoms with Crippen molar-refractivity contribution in [2.75, 3.05) is 26.8 Å². The molecule has 1 aromatic carbocycles. The molecule has 0 heterocycles. The topological polar surface area (TPSA) is 67.9 Å². The van der Waals surface area contributed by atoms with Crippen molar-refractivity contribution >= 4 is 11.8 Å². The number of rotatable bonds is 8. The van der Waals surface area contributed by atoms with Gasteiger partial charge in [-0.15, -0.1) is 0 Å². The summed E-state index contributed by atoms with van der Waals surface area (Å²) in [5.41, 5.74) is 1.02. The van der Waals surface area contributed by atoms with Gasteiger partial charge in [0.2, 0.25) is 0 Å². The van der Waals surface area contributed by atoms with E-state index in [2.05, 4.69) is 5.32 Å². The Morgan fingerprint density at radius 1 is 1.07 bits per heavy atom. The molecule has 0 bridgehead atoms. The summed E-state index contributed by atoms with van der Waals surface area (Å²) in [5.74, 6) is 0.454. The van der Waals surface area contributed by atoms with Crippen LogP contribution in [0.15, 0.2) is 18.2 Å². The third kappa shape index (κ3) is 6.15. The Bertz CT molecular complexity index is 627. The zero-order valence-electron chi connectivity index (χ0n) is 16.8. The van der Waals surface area contributed by atoms with Crippen molar-refractivity contribution in [1.82, 2.24) is 10.2 Å². The van der Waals surface area contributed by atoms with Crippen LogP contribution in [0.25, 0.3) is 0 Å². The van der Waals surface area contributed by atoms with E-state index < -0.39 is 11.8 Å². The number of nitrogens with zero attached hydrogens (tertiary/aromatic N) is 1. The number of hydrogen-bond donors (Lipinski definition) is 1. The lowest BCUT2D eigenvalue weighted by Gasteiger charge is -2.30. The fourth-order valence-corrected chi connectivity index (χ4v) is 3.44. The van der Waals surface area contributed by atoms with Crippen LogP contribution in [0.1, 0.15) is 51.5 Å². The average molecular weight is 376 g/mol. The van der Waals surface area contributed by atoms with Gasteiger partial charge in [-0.05, 0) is 50.8 Å². The van der Waals surface area contributed by atoms with E-state index in [1.165, 1.54) is 6.42 Å². The standard InChI is InChI=1S/C21H32N2O4/c1-4-26-18-12-11-16(15-19(18)27-5-2)13-14-22-20(24)21(25)23(3)17-9-7-6-8-10-17/h11-12,15,17H,4-10,13-14H2,1-3H3,(H,22,24). The Labute approximate surface area is 162 Å². The summed E-state index contributed by atoms with van der Waals surface area (Å²) in [7, 11) is 1.73. The fourth-order valence-electron chi connectivity index (χ4n) is 3.44. The lowest BCUT2D eigenvalue weighted by molar-refractivity contribution is -0.146. The van der Waals surface area contributed by atoms with Gasteiger partial charge in [0.1, 0.15) is 0 Å². The third-order valence-corrected chi connectivity index (χ3v) is 4.94. The molecule has 0 atom stereocenters. The first-order valence-corrected chi connectivity index (χ1v) is 10.00. The molecule has 2 amide bonds. The molecule has 27 heavy (non-hydrogen) atoms. The maximum Gasteiger partial charge on any atom is 0.311 e. The molecule has 1 aromatic rings. The Kier molecular flexibility index (Phi) is 8.43. The number of nitrogens with one attached hydrogen (secondary N) is 1. The van der Waals surface area contributed by atoms with Gasteiger partial charge in [-0.1, -0.05) is 25.3 Å². The van der Waals surface area contributed by atoms with Gasteiger partial charge < -0.3 is 19.7 Å². The summed E-state index contributed by atoms with van der Waals surface area (Å²) in [6.07, 6.45) is 6.08. The summed E-state index contributed by atoms with van der Waals surface area (Å²) >= 11 is 0. The zero-order chi connectivity index (χ0) is 19.6. The number of carbonyl (C=O) groups excluding carboxylic acids is 2. The van der Waals surface area contributed by atoms with Gasteiger partial charge in [0.05, 0.1) is 13.2 Å². The molecule has 0 radical (unpaired) electrons. The predicted octanol–water partition coefficient (Wildman–Crippen LogP) is 2.93. The smallest absolute Gasteiger partial charge is 0.311 e. The first-order valence-electron chi connectivity index (χ1n) is 10.00. The second kappa shape index (κ2) is 10.8. The monoisotopic (exact) mass is 376 g/mol. The average Bonchev–Trinajstić information content (AvgIpc) is 2.69. The Balaban J connectivity index is 1.84. The van der Waals surface area contributed by atoms with Crippen LogP contribution in [-0.4, -0.2) is 49.6 Å². The maximum atomic E-state index is 12.3. The highest BCUT2D eigenvalue weighted by atomic mass is 16.5. The van der Waals surface area contributed by atoms with E-state index in [4.69, 9.17) is 9.47 Å². The predicted molar refractivity (Wildman–Crippen MR) is 105 cm³/mol. The van der Waals surface area contributed by atoms with Crippen molar-refractivity contribution in [3.8, 4) is 11.5 Å². The molecule has 1 fully saturated rings. The molecule has 6 nitrogen and oxygen atoms in total. The Hall–Kier alpha value is -2.24. The van der Waals surface area contributed by atoms with Gasteiger partial charge in [0.15, 0.2) is 11.5 Å². The first-order chi connectivity index (χ1) is 13.1. The van der Waals surface area contributed by atoms with Crippen LogP contribution in [0, 0.1) is 0 Å². The molecule has 0 aliphatic heterocycles. The van der Waals surface area contributed by atoms with Gasteiger partial charge in [-0.2, -0.15) is 0 Å². The van der Waals surface area contributed by atoms with Gasteiger partial charge in [0.25, 0.3) is 0 Å². The number of likely N-dealkylation sites (N-methyl/N-ethyl adjacent to an activating group) is 1. The van der Waals surface area contributed by atoms with Crippen LogP contribution in [-0.2, 0) is 16.0 Å². The highest BCUT2D eigenvalue weighted by Gasteiger charge is 2.26. The van der Waals surface area contributed by atoms with E-state index in [9.17, 15) is 9.59 Å². The SMILES string of the molecule is CCOc1ccc(CCNC(=O)C(=O)N(C)C2CCCCC2)cc1OCC. The van der Waals surface area contributed by atoms with E-state index in [0.29, 0.717) is 31.9 Å². The Morgan fingerprint density at radius 3 is 2.41 bits per heavy atom. The molecule has 0 aromatic heterocycles. The van der Waals surface area contributed by atoms with Crippen LogP contribution in [0.2, 0.25) is 0 Å². The lowest BCUT2D eigenvalue weighted by Crippen LogP contribution is -2.46. The van der Waals surface area contributed by atoms with Crippen LogP contribution in [0.3, 0.4) is 0 Å². The summed E-state index contributed by atoms with van der Waals surface area (Å²) in [4.78, 5) is 26.1. The molecular weight excluding hydrogens is 344 g/mol. The number of amides is 2. The molecule has 6 heteroatoms. The fraction of sp³-hybridized carbons (Fsp3) is 0.619. The van der Waals surface area contributed by atoms with Crippen molar-refractivity contribution in [2.45, 2.75) is 58.4 Å². The van der Waals surface area contributed by atoms with E-state index in [0.717, 1.165) is 37.0 Å². The van der Waals surface area contributed by atoms with Crippen molar-refractivity contribution in [1.29, 1.82) is 0 Å². The van der Waals surface area contributed by atoms with E-state index in [1.54, 1.807) is 11.9 Å². The zero-order valence-corrected chi connectivity index (χ0v) is 16.8. The minimum atomic E-state index is -0.529. The second-order valence-corrected chi connectivity index (χ2v) is 6.86. The van der Waals surface area contributed by atoms with E-state index in [-0.39, 0.29) is 6.04 Å². The van der Waals surface area contributed by atoms with Gasteiger partial charge in [-0.25, -0.2) is 0 Å². The number of ether oxygens (including phenoxy) is 2. The van der Waals surface area contributed by atoms with Gasteiger partial charge in [0, 0.05) is 19.6 Å². The number of carbonyl (C=O) groups is 2. The largest absolute Gasteiger partial charge is 0.490 e. The maximum absolute atomic E-state index is 12.3. The second-order valence-electron chi connectivity index (χ2n) is 6.86. The van der Waals surface area contributed by atoms with Crippen molar-refractivity contribution in [3.05, 3.63) is 23.8 Å². The first kappa shape index (κ1) is 21.1. The minimum Gasteiger partial charge on any atom is -0.490 e. The normalized spacial score (nSPS) is 14.5. The molecular formula is C21H32N2O4. The number of hydrogen-bond acceptors (Lipinski definition) is 4. The molecule has 1 N–H and O–H groups in total. The summed E-state index contributed by atoms with van der Waals surface area (Å²) in [6, 6.07) is 5.96. The van der Waals surface area contributed by atoms with Crippen LogP contribution < -0.4 is 14.8 Å². The highest BCUT2D eigenvalue weighted by molar-refractivity contribution is 6.35. The quantitative estimate of drug-likeness (QED) is 0.709. The van der Waals surface area contributed by atoms with Crippen molar-refractivity contribution in [3.63, 3.8) is 0 Å².